The van der Waals surface area contributed by atoms with Crippen molar-refractivity contribution in [3.63, 3.8) is 0 Å². The molecule has 0 fully saturated rings. The molecule has 0 N–H and O–H groups in total. The Hall–Kier alpha value is -1.96. The average molecular weight is 268 g/mol. The normalized spacial score (nSPS) is 10.4. The zero-order valence-corrected chi connectivity index (χ0v) is 12.9. The molecule has 2 aromatic carbocycles. The summed E-state index contributed by atoms with van der Waals surface area (Å²) in [4.78, 5) is 4.28. The first kappa shape index (κ1) is 14.4. The van der Waals surface area contributed by atoms with Gasteiger partial charge in [0.15, 0.2) is 0 Å². The highest BCUT2D eigenvalue weighted by Gasteiger charge is 2.00. The summed E-state index contributed by atoms with van der Waals surface area (Å²) in [5.74, 6) is 0. The summed E-state index contributed by atoms with van der Waals surface area (Å²) in [6.07, 6.45) is 2.17. The van der Waals surface area contributed by atoms with Crippen LogP contribution in [0.3, 0.4) is 0 Å². The van der Waals surface area contributed by atoms with Crippen LogP contribution in [0.15, 0.2) is 48.5 Å². The zero-order valence-electron chi connectivity index (χ0n) is 12.9. The summed E-state index contributed by atoms with van der Waals surface area (Å²) in [5.41, 5.74) is 5.31. The van der Waals surface area contributed by atoms with Gasteiger partial charge < -0.3 is 9.80 Å². The van der Waals surface area contributed by atoms with Gasteiger partial charge in [-0.3, -0.25) is 0 Å². The van der Waals surface area contributed by atoms with E-state index in [4.69, 9.17) is 0 Å². The first-order chi connectivity index (χ1) is 9.56. The fraction of sp³-hybridized carbons (Fsp3) is 0.333. The first-order valence-corrected chi connectivity index (χ1v) is 7.09. The molecule has 20 heavy (non-hydrogen) atoms. The molecule has 0 unspecified atom stereocenters. The van der Waals surface area contributed by atoms with Crippen LogP contribution >= 0.6 is 0 Å². The van der Waals surface area contributed by atoms with E-state index in [9.17, 15) is 0 Å². The average Bonchev–Trinajstić information content (AvgIpc) is 2.46. The van der Waals surface area contributed by atoms with Gasteiger partial charge in [-0.2, -0.15) is 0 Å². The third-order valence-corrected chi connectivity index (χ3v) is 3.58. The van der Waals surface area contributed by atoms with E-state index in [1.165, 1.54) is 22.5 Å². The van der Waals surface area contributed by atoms with Crippen molar-refractivity contribution in [3.8, 4) is 0 Å². The zero-order chi connectivity index (χ0) is 14.5. The van der Waals surface area contributed by atoms with Crippen LogP contribution in [0.25, 0.3) is 0 Å². The molecule has 0 heterocycles. The molecule has 0 saturated carbocycles. The summed E-state index contributed by atoms with van der Waals surface area (Å²) < 4.78 is 0. The number of benzene rings is 2. The van der Waals surface area contributed by atoms with E-state index < -0.39 is 0 Å². The summed E-state index contributed by atoms with van der Waals surface area (Å²) in [5, 5.41) is 0. The van der Waals surface area contributed by atoms with Crippen molar-refractivity contribution in [3.05, 3.63) is 59.7 Å². The van der Waals surface area contributed by atoms with Crippen LogP contribution in [0.4, 0.5) is 11.4 Å². The van der Waals surface area contributed by atoms with Crippen molar-refractivity contribution in [2.45, 2.75) is 12.8 Å². The largest absolute Gasteiger partial charge is 0.378 e. The standard InChI is InChI=1S/C18H24N2/c1-19(2)17-12-10-15(11-13-17)8-9-16-6-5-7-18(14-16)20(3)4/h5-7,10-14H,8-9H2,1-4H3. The molecule has 0 bridgehead atoms. The lowest BCUT2D eigenvalue weighted by Crippen LogP contribution is -2.09. The van der Waals surface area contributed by atoms with Gasteiger partial charge in [0, 0.05) is 39.6 Å². The minimum Gasteiger partial charge on any atom is -0.378 e. The van der Waals surface area contributed by atoms with Crippen LogP contribution < -0.4 is 9.80 Å². The van der Waals surface area contributed by atoms with Gasteiger partial charge >= 0.3 is 0 Å². The molecule has 2 rings (SSSR count). The second kappa shape index (κ2) is 6.47. The van der Waals surface area contributed by atoms with Gasteiger partial charge in [0.2, 0.25) is 0 Å². The fourth-order valence-electron chi connectivity index (χ4n) is 2.24. The topological polar surface area (TPSA) is 6.48 Å². The lowest BCUT2D eigenvalue weighted by Gasteiger charge is -2.14. The van der Waals surface area contributed by atoms with Crippen LogP contribution in [-0.4, -0.2) is 28.2 Å². The Morgan fingerprint density at radius 3 is 1.85 bits per heavy atom. The van der Waals surface area contributed by atoms with Gasteiger partial charge in [-0.1, -0.05) is 24.3 Å². The number of hydrogen-bond donors (Lipinski definition) is 0. The van der Waals surface area contributed by atoms with Gasteiger partial charge in [-0.05, 0) is 48.2 Å². The molecule has 0 amide bonds. The predicted molar refractivity (Wildman–Crippen MR) is 88.9 cm³/mol. The van der Waals surface area contributed by atoms with Crippen molar-refractivity contribution in [2.75, 3.05) is 38.0 Å². The summed E-state index contributed by atoms with van der Waals surface area (Å²) in [6, 6.07) is 17.6. The molecule has 2 heteroatoms. The predicted octanol–water partition coefficient (Wildman–Crippen LogP) is 3.60. The monoisotopic (exact) mass is 268 g/mol. The number of anilines is 2. The molecule has 0 spiro atoms. The van der Waals surface area contributed by atoms with Gasteiger partial charge in [0.25, 0.3) is 0 Å². The van der Waals surface area contributed by atoms with E-state index in [0.717, 1.165) is 12.8 Å². The summed E-state index contributed by atoms with van der Waals surface area (Å²) in [7, 11) is 8.31. The van der Waals surface area contributed by atoms with Gasteiger partial charge in [-0.15, -0.1) is 0 Å². The number of nitrogens with zero attached hydrogens (tertiary/aromatic N) is 2. The minimum absolute atomic E-state index is 1.09. The second-order valence-corrected chi connectivity index (χ2v) is 5.63. The molecule has 0 aromatic heterocycles. The Morgan fingerprint density at radius 1 is 0.650 bits per heavy atom. The summed E-state index contributed by atoms with van der Waals surface area (Å²) in [6.45, 7) is 0. The number of hydrogen-bond acceptors (Lipinski definition) is 2. The van der Waals surface area contributed by atoms with Crippen LogP contribution in [0, 0.1) is 0 Å². The Kier molecular flexibility index (Phi) is 4.67. The van der Waals surface area contributed by atoms with Crippen molar-refractivity contribution in [1.82, 2.24) is 0 Å². The maximum absolute atomic E-state index is 2.27. The van der Waals surface area contributed by atoms with Crippen LogP contribution in [-0.2, 0) is 12.8 Å². The van der Waals surface area contributed by atoms with Gasteiger partial charge in [-0.25, -0.2) is 0 Å². The Labute approximate surface area is 122 Å². The van der Waals surface area contributed by atoms with Crippen LogP contribution in [0.1, 0.15) is 11.1 Å². The van der Waals surface area contributed by atoms with Gasteiger partial charge in [0.05, 0.1) is 0 Å². The number of aryl methyl sites for hydroxylation is 2. The maximum atomic E-state index is 2.27. The van der Waals surface area contributed by atoms with Crippen molar-refractivity contribution < 1.29 is 0 Å². The molecule has 2 nitrogen and oxygen atoms in total. The molecular formula is C18H24N2. The van der Waals surface area contributed by atoms with Crippen molar-refractivity contribution in [1.29, 1.82) is 0 Å². The molecule has 2 aromatic rings. The van der Waals surface area contributed by atoms with E-state index in [1.54, 1.807) is 0 Å². The lowest BCUT2D eigenvalue weighted by atomic mass is 10.0. The van der Waals surface area contributed by atoms with Crippen LogP contribution in [0.5, 0.6) is 0 Å². The van der Waals surface area contributed by atoms with E-state index >= 15 is 0 Å². The highest BCUT2D eigenvalue weighted by Crippen LogP contribution is 2.17. The molecule has 0 radical (unpaired) electrons. The Balaban J connectivity index is 1.99. The first-order valence-electron chi connectivity index (χ1n) is 7.09. The van der Waals surface area contributed by atoms with E-state index in [-0.39, 0.29) is 0 Å². The van der Waals surface area contributed by atoms with E-state index in [2.05, 4.69) is 86.5 Å². The number of rotatable bonds is 5. The maximum Gasteiger partial charge on any atom is 0.0363 e. The highest BCUT2D eigenvalue weighted by molar-refractivity contribution is 5.48. The summed E-state index contributed by atoms with van der Waals surface area (Å²) >= 11 is 0. The molecule has 0 aliphatic carbocycles. The second-order valence-electron chi connectivity index (χ2n) is 5.63. The van der Waals surface area contributed by atoms with Crippen molar-refractivity contribution in [2.24, 2.45) is 0 Å². The van der Waals surface area contributed by atoms with Crippen molar-refractivity contribution >= 4 is 11.4 Å². The Morgan fingerprint density at radius 2 is 1.25 bits per heavy atom. The lowest BCUT2D eigenvalue weighted by molar-refractivity contribution is 0.956. The minimum atomic E-state index is 1.09. The molecule has 0 saturated heterocycles. The van der Waals surface area contributed by atoms with E-state index in [0.29, 0.717) is 0 Å². The van der Waals surface area contributed by atoms with Crippen LogP contribution in [0.2, 0.25) is 0 Å². The third-order valence-electron chi connectivity index (χ3n) is 3.58. The SMILES string of the molecule is CN(C)c1ccc(CCc2cccc(N(C)C)c2)cc1. The Bertz CT molecular complexity index is 542. The molecule has 0 atom stereocenters. The molecule has 0 aliphatic heterocycles. The quantitative estimate of drug-likeness (QED) is 0.817. The molecule has 106 valence electrons. The fourth-order valence-corrected chi connectivity index (χ4v) is 2.24. The van der Waals surface area contributed by atoms with E-state index in [1.807, 2.05) is 0 Å². The third kappa shape index (κ3) is 3.77. The molecular weight excluding hydrogens is 244 g/mol. The van der Waals surface area contributed by atoms with Gasteiger partial charge in [0.1, 0.15) is 0 Å². The highest BCUT2D eigenvalue weighted by atomic mass is 15.1. The molecule has 0 aliphatic rings. The smallest absolute Gasteiger partial charge is 0.0363 e.